The van der Waals surface area contributed by atoms with E-state index >= 15 is 0 Å². The van der Waals surface area contributed by atoms with E-state index in [1.807, 2.05) is 4.90 Å². The van der Waals surface area contributed by atoms with Gasteiger partial charge in [-0.1, -0.05) is 0 Å². The molecule has 2 atom stereocenters. The van der Waals surface area contributed by atoms with Crippen LogP contribution in [0.4, 0.5) is 4.79 Å². The number of urea groups is 1. The molecule has 3 fully saturated rings. The molecule has 3 aliphatic rings. The first-order valence-electron chi connectivity index (χ1n) is 7.80. The van der Waals surface area contributed by atoms with Crippen LogP contribution in [0.15, 0.2) is 4.42 Å². The SMILES string of the molecule is Cc1nnc(CCNC(=O)N2C[C@@H]3C[C@H]2CN3C2CC2)o1. The highest BCUT2D eigenvalue weighted by molar-refractivity contribution is 5.75. The van der Waals surface area contributed by atoms with Crippen molar-refractivity contribution in [2.45, 2.75) is 50.7 Å². The number of piperazine rings is 1. The van der Waals surface area contributed by atoms with Crippen molar-refractivity contribution in [1.29, 1.82) is 0 Å². The van der Waals surface area contributed by atoms with Crippen LogP contribution in [0.25, 0.3) is 0 Å². The van der Waals surface area contributed by atoms with Crippen molar-refractivity contribution in [1.82, 2.24) is 25.3 Å². The molecule has 21 heavy (non-hydrogen) atoms. The molecule has 3 heterocycles. The van der Waals surface area contributed by atoms with Crippen LogP contribution in [-0.2, 0) is 6.42 Å². The zero-order chi connectivity index (χ0) is 14.4. The lowest BCUT2D eigenvalue weighted by Crippen LogP contribution is -2.52. The van der Waals surface area contributed by atoms with Gasteiger partial charge >= 0.3 is 6.03 Å². The van der Waals surface area contributed by atoms with E-state index in [0.29, 0.717) is 36.8 Å². The van der Waals surface area contributed by atoms with E-state index in [4.69, 9.17) is 4.42 Å². The summed E-state index contributed by atoms with van der Waals surface area (Å²) in [6, 6.07) is 1.85. The number of fused-ring (bicyclic) bond motifs is 2. The fraction of sp³-hybridized carbons (Fsp3) is 0.786. The van der Waals surface area contributed by atoms with Gasteiger partial charge in [-0.25, -0.2) is 4.79 Å². The van der Waals surface area contributed by atoms with Gasteiger partial charge in [0.25, 0.3) is 0 Å². The van der Waals surface area contributed by atoms with E-state index in [1.54, 1.807) is 6.92 Å². The molecule has 114 valence electrons. The molecule has 1 N–H and O–H groups in total. The number of nitrogens with one attached hydrogen (secondary N) is 1. The molecule has 7 nitrogen and oxygen atoms in total. The van der Waals surface area contributed by atoms with Crippen LogP contribution in [0.3, 0.4) is 0 Å². The summed E-state index contributed by atoms with van der Waals surface area (Å²) < 4.78 is 5.29. The number of hydrogen-bond acceptors (Lipinski definition) is 5. The smallest absolute Gasteiger partial charge is 0.317 e. The topological polar surface area (TPSA) is 74.5 Å². The summed E-state index contributed by atoms with van der Waals surface area (Å²) in [7, 11) is 0. The number of carbonyl (C=O) groups excluding carboxylic acids is 1. The third kappa shape index (κ3) is 2.50. The van der Waals surface area contributed by atoms with Crippen molar-refractivity contribution in [3.05, 3.63) is 11.8 Å². The van der Waals surface area contributed by atoms with Gasteiger partial charge in [-0.2, -0.15) is 0 Å². The lowest BCUT2D eigenvalue weighted by Gasteiger charge is -2.34. The Labute approximate surface area is 123 Å². The number of amides is 2. The van der Waals surface area contributed by atoms with Crippen LogP contribution in [0.5, 0.6) is 0 Å². The molecular formula is C14H21N5O2. The molecule has 1 saturated carbocycles. The van der Waals surface area contributed by atoms with Crippen molar-refractivity contribution in [2.24, 2.45) is 0 Å². The Morgan fingerprint density at radius 2 is 2.14 bits per heavy atom. The van der Waals surface area contributed by atoms with Gasteiger partial charge in [0.2, 0.25) is 11.8 Å². The molecule has 1 aliphatic carbocycles. The average molecular weight is 291 g/mol. The molecule has 0 unspecified atom stereocenters. The first-order valence-corrected chi connectivity index (χ1v) is 7.80. The maximum atomic E-state index is 12.3. The van der Waals surface area contributed by atoms with Gasteiger partial charge in [0, 0.05) is 51.1 Å². The van der Waals surface area contributed by atoms with E-state index in [1.165, 1.54) is 12.8 Å². The standard InChI is InChI=1S/C14H21N5O2/c1-9-16-17-13(21-9)4-5-15-14(20)19-8-11-6-12(19)7-18(11)10-2-3-10/h10-12H,2-8H2,1H3,(H,15,20)/t11-,12-/m0/s1. The van der Waals surface area contributed by atoms with Crippen LogP contribution < -0.4 is 5.32 Å². The largest absolute Gasteiger partial charge is 0.426 e. The van der Waals surface area contributed by atoms with Crippen LogP contribution >= 0.6 is 0 Å². The lowest BCUT2D eigenvalue weighted by molar-refractivity contribution is 0.131. The number of nitrogens with zero attached hydrogens (tertiary/aromatic N) is 4. The fourth-order valence-corrected chi connectivity index (χ4v) is 3.62. The molecule has 0 aromatic carbocycles. The third-order valence-electron chi connectivity index (χ3n) is 4.74. The molecular weight excluding hydrogens is 270 g/mol. The van der Waals surface area contributed by atoms with E-state index in [9.17, 15) is 4.79 Å². The minimum Gasteiger partial charge on any atom is -0.426 e. The molecule has 2 saturated heterocycles. The highest BCUT2D eigenvalue weighted by Crippen LogP contribution is 2.38. The van der Waals surface area contributed by atoms with E-state index in [0.717, 1.165) is 25.6 Å². The summed E-state index contributed by atoms with van der Waals surface area (Å²) in [5.41, 5.74) is 0. The highest BCUT2D eigenvalue weighted by Gasteiger charge is 2.49. The van der Waals surface area contributed by atoms with Crippen LogP contribution in [0.1, 0.15) is 31.0 Å². The summed E-state index contributed by atoms with van der Waals surface area (Å²) in [4.78, 5) is 16.9. The van der Waals surface area contributed by atoms with Gasteiger partial charge in [0.05, 0.1) is 0 Å². The third-order valence-corrected chi connectivity index (χ3v) is 4.74. The Morgan fingerprint density at radius 1 is 1.29 bits per heavy atom. The summed E-state index contributed by atoms with van der Waals surface area (Å²) in [6.45, 7) is 4.25. The zero-order valence-electron chi connectivity index (χ0n) is 12.3. The van der Waals surface area contributed by atoms with Gasteiger partial charge in [-0.3, -0.25) is 4.90 Å². The number of aromatic nitrogens is 2. The second-order valence-electron chi connectivity index (χ2n) is 6.32. The second-order valence-corrected chi connectivity index (χ2v) is 6.32. The Bertz CT molecular complexity index is 541. The Hall–Kier alpha value is -1.63. The molecule has 1 aromatic rings. The molecule has 2 aliphatic heterocycles. The highest BCUT2D eigenvalue weighted by atomic mass is 16.4. The number of carbonyl (C=O) groups is 1. The number of aryl methyl sites for hydroxylation is 1. The quantitative estimate of drug-likeness (QED) is 0.877. The number of rotatable bonds is 4. The van der Waals surface area contributed by atoms with E-state index in [2.05, 4.69) is 20.4 Å². The van der Waals surface area contributed by atoms with Crippen LogP contribution in [0.2, 0.25) is 0 Å². The van der Waals surface area contributed by atoms with Crippen molar-refractivity contribution in [3.8, 4) is 0 Å². The monoisotopic (exact) mass is 291 g/mol. The van der Waals surface area contributed by atoms with Crippen LogP contribution in [-0.4, -0.2) is 63.8 Å². The number of hydrogen-bond donors (Lipinski definition) is 1. The Balaban J connectivity index is 1.25. The molecule has 0 spiro atoms. The van der Waals surface area contributed by atoms with E-state index < -0.39 is 0 Å². The Kier molecular flexibility index (Phi) is 3.10. The second kappa shape index (κ2) is 4.98. The van der Waals surface area contributed by atoms with Crippen molar-refractivity contribution in [3.63, 3.8) is 0 Å². The molecule has 4 rings (SSSR count). The van der Waals surface area contributed by atoms with Crippen LogP contribution in [0, 0.1) is 6.92 Å². The van der Waals surface area contributed by atoms with Gasteiger partial charge < -0.3 is 14.6 Å². The van der Waals surface area contributed by atoms with Gasteiger partial charge in [-0.15, -0.1) is 10.2 Å². The minimum absolute atomic E-state index is 0.0502. The van der Waals surface area contributed by atoms with Gasteiger partial charge in [0.15, 0.2) is 0 Å². The lowest BCUT2D eigenvalue weighted by atomic mass is 10.2. The summed E-state index contributed by atoms with van der Waals surface area (Å²) in [5, 5.41) is 10.7. The molecule has 2 amide bonds. The first kappa shape index (κ1) is 13.1. The summed E-state index contributed by atoms with van der Waals surface area (Å²) in [6.07, 6.45) is 4.42. The molecule has 2 bridgehead atoms. The summed E-state index contributed by atoms with van der Waals surface area (Å²) in [5.74, 6) is 1.14. The zero-order valence-corrected chi connectivity index (χ0v) is 12.3. The number of likely N-dealkylation sites (tertiary alicyclic amines) is 2. The van der Waals surface area contributed by atoms with Crippen molar-refractivity contribution < 1.29 is 9.21 Å². The van der Waals surface area contributed by atoms with Gasteiger partial charge in [-0.05, 0) is 19.3 Å². The van der Waals surface area contributed by atoms with Crippen molar-refractivity contribution >= 4 is 6.03 Å². The molecule has 1 aromatic heterocycles. The maximum Gasteiger partial charge on any atom is 0.317 e. The minimum atomic E-state index is 0.0502. The first-order chi connectivity index (χ1) is 10.2. The Morgan fingerprint density at radius 3 is 2.76 bits per heavy atom. The predicted octanol–water partition coefficient (Wildman–Crippen LogP) is 0.551. The predicted molar refractivity (Wildman–Crippen MR) is 74.8 cm³/mol. The van der Waals surface area contributed by atoms with Crippen molar-refractivity contribution in [2.75, 3.05) is 19.6 Å². The molecule has 0 radical (unpaired) electrons. The molecule has 7 heteroatoms. The maximum absolute atomic E-state index is 12.3. The normalized spacial score (nSPS) is 28.3. The van der Waals surface area contributed by atoms with E-state index in [-0.39, 0.29) is 6.03 Å². The summed E-state index contributed by atoms with van der Waals surface area (Å²) >= 11 is 0. The average Bonchev–Trinajstić information content (AvgIpc) is 2.91. The van der Waals surface area contributed by atoms with Gasteiger partial charge in [0.1, 0.15) is 0 Å². The fourth-order valence-electron chi connectivity index (χ4n) is 3.62.